The quantitative estimate of drug-likeness (QED) is 0.714. The minimum Gasteiger partial charge on any atom is -0.490 e. The molecule has 1 aliphatic rings. The van der Waals surface area contributed by atoms with E-state index in [2.05, 4.69) is 10.0 Å². The number of rotatable bonds is 6. The van der Waals surface area contributed by atoms with Gasteiger partial charge in [0.05, 0.1) is 23.7 Å². The molecule has 162 valence electrons. The third-order valence-corrected chi connectivity index (χ3v) is 5.63. The van der Waals surface area contributed by atoms with Gasteiger partial charge in [0, 0.05) is 31.1 Å². The summed E-state index contributed by atoms with van der Waals surface area (Å²) < 4.78 is 75.7. The second-order valence-corrected chi connectivity index (χ2v) is 8.20. The molecule has 0 radical (unpaired) electrons. The molecule has 0 aromatic heterocycles. The van der Waals surface area contributed by atoms with E-state index in [-0.39, 0.29) is 23.5 Å². The average Bonchev–Trinajstić information content (AvgIpc) is 2.92. The molecule has 0 bridgehead atoms. The lowest BCUT2D eigenvalue weighted by molar-refractivity contribution is -0.137. The number of benzene rings is 2. The van der Waals surface area contributed by atoms with Crippen LogP contribution in [-0.4, -0.2) is 34.1 Å². The van der Waals surface area contributed by atoms with E-state index in [4.69, 9.17) is 9.47 Å². The van der Waals surface area contributed by atoms with Gasteiger partial charge in [0.15, 0.2) is 11.5 Å². The number of hydrogen-bond acceptors (Lipinski definition) is 5. The summed E-state index contributed by atoms with van der Waals surface area (Å²) in [6, 6.07) is 8.19. The highest BCUT2D eigenvalue weighted by molar-refractivity contribution is 7.89. The van der Waals surface area contributed by atoms with Crippen molar-refractivity contribution in [3.8, 4) is 11.5 Å². The van der Waals surface area contributed by atoms with Gasteiger partial charge in [0.2, 0.25) is 15.9 Å². The molecule has 30 heavy (non-hydrogen) atoms. The first-order valence-electron chi connectivity index (χ1n) is 9.01. The molecule has 3 rings (SSSR count). The van der Waals surface area contributed by atoms with Gasteiger partial charge in [-0.2, -0.15) is 13.2 Å². The summed E-state index contributed by atoms with van der Waals surface area (Å²) in [5.41, 5.74) is -0.651. The first kappa shape index (κ1) is 21.9. The monoisotopic (exact) mass is 444 g/mol. The van der Waals surface area contributed by atoms with Crippen molar-refractivity contribution in [2.24, 2.45) is 0 Å². The molecule has 2 aromatic carbocycles. The normalized spacial score (nSPS) is 14.1. The van der Waals surface area contributed by atoms with Crippen molar-refractivity contribution in [3.05, 3.63) is 48.0 Å². The van der Waals surface area contributed by atoms with Gasteiger partial charge in [-0.25, -0.2) is 13.1 Å². The van der Waals surface area contributed by atoms with Crippen LogP contribution in [0.15, 0.2) is 47.4 Å². The Bertz CT molecular complexity index is 1010. The Morgan fingerprint density at radius 2 is 1.67 bits per heavy atom. The van der Waals surface area contributed by atoms with Crippen LogP contribution in [0.2, 0.25) is 0 Å². The maximum absolute atomic E-state index is 12.5. The molecule has 0 atom stereocenters. The van der Waals surface area contributed by atoms with Crippen LogP contribution in [0, 0.1) is 0 Å². The summed E-state index contributed by atoms with van der Waals surface area (Å²) in [5, 5.41) is 2.42. The highest BCUT2D eigenvalue weighted by Gasteiger charge is 2.30. The second kappa shape index (κ2) is 8.92. The molecule has 0 spiro atoms. The van der Waals surface area contributed by atoms with E-state index in [0.717, 1.165) is 24.3 Å². The molecule has 0 aliphatic carbocycles. The number of halogens is 3. The van der Waals surface area contributed by atoms with E-state index in [1.54, 1.807) is 0 Å². The number of hydrogen-bond donors (Lipinski definition) is 2. The Morgan fingerprint density at radius 3 is 2.33 bits per heavy atom. The topological polar surface area (TPSA) is 93.7 Å². The van der Waals surface area contributed by atoms with Gasteiger partial charge in [-0.1, -0.05) is 0 Å². The van der Waals surface area contributed by atoms with Crippen LogP contribution in [0.25, 0.3) is 0 Å². The lowest BCUT2D eigenvalue weighted by Gasteiger charge is -2.11. The van der Waals surface area contributed by atoms with Gasteiger partial charge < -0.3 is 14.8 Å². The summed E-state index contributed by atoms with van der Waals surface area (Å²) in [4.78, 5) is 11.9. The van der Waals surface area contributed by atoms with Gasteiger partial charge in [0.1, 0.15) is 0 Å². The van der Waals surface area contributed by atoms with E-state index in [0.29, 0.717) is 31.1 Å². The number of fused-ring (bicyclic) bond motifs is 1. The molecule has 1 aliphatic heterocycles. The zero-order valence-corrected chi connectivity index (χ0v) is 16.5. The lowest BCUT2D eigenvalue weighted by atomic mass is 10.2. The smallest absolute Gasteiger partial charge is 0.416 e. The molecule has 0 saturated heterocycles. The van der Waals surface area contributed by atoms with Crippen molar-refractivity contribution in [1.82, 2.24) is 4.72 Å². The van der Waals surface area contributed by atoms with Gasteiger partial charge in [-0.05, 0) is 36.4 Å². The fraction of sp³-hybridized carbons (Fsp3) is 0.316. The lowest BCUT2D eigenvalue weighted by Crippen LogP contribution is -2.27. The minimum absolute atomic E-state index is 0.0325. The maximum atomic E-state index is 12.5. The maximum Gasteiger partial charge on any atom is 0.416 e. The molecule has 1 amide bonds. The number of carbonyl (C=O) groups is 1. The van der Waals surface area contributed by atoms with E-state index in [1.807, 2.05) is 0 Å². The number of alkyl halides is 3. The third-order valence-electron chi connectivity index (χ3n) is 4.17. The van der Waals surface area contributed by atoms with Crippen LogP contribution in [0.3, 0.4) is 0 Å². The highest BCUT2D eigenvalue weighted by Crippen LogP contribution is 2.32. The second-order valence-electron chi connectivity index (χ2n) is 6.43. The van der Waals surface area contributed by atoms with Crippen molar-refractivity contribution in [2.45, 2.75) is 23.9 Å². The standard InChI is InChI=1S/C19H19F3N2O5S/c20-19(21,22)13-2-4-14(5-3-13)24-18(25)8-9-23-30(26,27)15-6-7-16-17(12-15)29-11-1-10-28-16/h2-7,12,23H,1,8-11H2,(H,24,25). The fourth-order valence-corrected chi connectivity index (χ4v) is 3.71. The number of sulfonamides is 1. The molecule has 2 N–H and O–H groups in total. The number of nitrogens with one attached hydrogen (secondary N) is 2. The fourth-order valence-electron chi connectivity index (χ4n) is 2.66. The first-order chi connectivity index (χ1) is 14.1. The van der Waals surface area contributed by atoms with Gasteiger partial charge in [-0.15, -0.1) is 0 Å². The molecule has 2 aromatic rings. The number of ether oxygens (including phenoxy) is 2. The Balaban J connectivity index is 1.54. The molecular formula is C19H19F3N2O5S. The molecule has 0 saturated carbocycles. The molecule has 11 heteroatoms. The zero-order valence-electron chi connectivity index (χ0n) is 15.7. The van der Waals surface area contributed by atoms with Crippen molar-refractivity contribution < 1.29 is 35.9 Å². The average molecular weight is 444 g/mol. The summed E-state index contributed by atoms with van der Waals surface area (Å²) in [6.07, 6.45) is -3.98. The van der Waals surface area contributed by atoms with E-state index in [9.17, 15) is 26.4 Å². The Hall–Kier alpha value is -2.79. The number of anilines is 1. The highest BCUT2D eigenvalue weighted by atomic mass is 32.2. The predicted molar refractivity (Wildman–Crippen MR) is 102 cm³/mol. The molecule has 0 fully saturated rings. The largest absolute Gasteiger partial charge is 0.490 e. The van der Waals surface area contributed by atoms with E-state index < -0.39 is 27.7 Å². The zero-order chi connectivity index (χ0) is 21.8. The number of carbonyl (C=O) groups excluding carboxylic acids is 1. The Morgan fingerprint density at radius 1 is 1.00 bits per heavy atom. The van der Waals surface area contributed by atoms with Crippen LogP contribution < -0.4 is 19.5 Å². The van der Waals surface area contributed by atoms with Crippen molar-refractivity contribution in [3.63, 3.8) is 0 Å². The van der Waals surface area contributed by atoms with Crippen molar-refractivity contribution in [2.75, 3.05) is 25.1 Å². The molecular weight excluding hydrogens is 425 g/mol. The first-order valence-corrected chi connectivity index (χ1v) is 10.5. The molecule has 7 nitrogen and oxygen atoms in total. The minimum atomic E-state index is -4.46. The third kappa shape index (κ3) is 5.63. The van der Waals surface area contributed by atoms with Crippen LogP contribution in [0.4, 0.5) is 18.9 Å². The number of amides is 1. The van der Waals surface area contributed by atoms with E-state index >= 15 is 0 Å². The Kier molecular flexibility index (Phi) is 6.52. The Labute approximate surface area is 171 Å². The molecule has 0 unspecified atom stereocenters. The van der Waals surface area contributed by atoms with Crippen LogP contribution >= 0.6 is 0 Å². The SMILES string of the molecule is O=C(CCNS(=O)(=O)c1ccc2c(c1)OCCCO2)Nc1ccc(C(F)(F)F)cc1. The predicted octanol–water partition coefficient (Wildman–Crippen LogP) is 3.17. The van der Waals surface area contributed by atoms with Crippen molar-refractivity contribution in [1.29, 1.82) is 0 Å². The van der Waals surface area contributed by atoms with Crippen molar-refractivity contribution >= 4 is 21.6 Å². The van der Waals surface area contributed by atoms with Gasteiger partial charge in [0.25, 0.3) is 0 Å². The van der Waals surface area contributed by atoms with Gasteiger partial charge in [-0.3, -0.25) is 4.79 Å². The van der Waals surface area contributed by atoms with Crippen LogP contribution in [0.1, 0.15) is 18.4 Å². The van der Waals surface area contributed by atoms with Gasteiger partial charge >= 0.3 is 6.18 Å². The van der Waals surface area contributed by atoms with Crippen LogP contribution in [-0.2, 0) is 21.0 Å². The molecule has 1 heterocycles. The van der Waals surface area contributed by atoms with E-state index in [1.165, 1.54) is 18.2 Å². The summed E-state index contributed by atoms with van der Waals surface area (Å²) in [5.74, 6) is 0.244. The summed E-state index contributed by atoms with van der Waals surface area (Å²) >= 11 is 0. The summed E-state index contributed by atoms with van der Waals surface area (Å²) in [6.45, 7) is 0.697. The van der Waals surface area contributed by atoms with Crippen LogP contribution in [0.5, 0.6) is 11.5 Å². The summed E-state index contributed by atoms with van der Waals surface area (Å²) in [7, 11) is -3.89.